The molecule has 1 aromatic carbocycles. The predicted octanol–water partition coefficient (Wildman–Crippen LogP) is 2.06. The van der Waals surface area contributed by atoms with Crippen LogP contribution < -0.4 is 10.1 Å². The Kier molecular flexibility index (Phi) is 5.33. The summed E-state index contributed by atoms with van der Waals surface area (Å²) in [6.45, 7) is 1.50. The maximum atomic E-state index is 13.6. The van der Waals surface area contributed by atoms with Crippen molar-refractivity contribution >= 4 is 12.0 Å². The van der Waals surface area contributed by atoms with Crippen molar-refractivity contribution in [2.24, 2.45) is 0 Å². The minimum atomic E-state index is -0.430. The summed E-state index contributed by atoms with van der Waals surface area (Å²) in [5, 5.41) is 3.20. The molecule has 1 fully saturated rings. The van der Waals surface area contributed by atoms with Gasteiger partial charge in [-0.2, -0.15) is 0 Å². The van der Waals surface area contributed by atoms with E-state index in [-0.39, 0.29) is 11.7 Å². The number of amides is 1. The SMILES string of the molecule is CNC1CCCN(C(=O)/C=C/c2ccc(OC)c(F)c2)C1. The summed E-state index contributed by atoms with van der Waals surface area (Å²) in [7, 11) is 3.33. The van der Waals surface area contributed by atoms with Gasteiger partial charge in [0.2, 0.25) is 5.91 Å². The molecule has 1 amide bonds. The van der Waals surface area contributed by atoms with E-state index in [0.29, 0.717) is 11.6 Å². The maximum Gasteiger partial charge on any atom is 0.246 e. The van der Waals surface area contributed by atoms with Crippen molar-refractivity contribution in [2.75, 3.05) is 27.2 Å². The minimum Gasteiger partial charge on any atom is -0.494 e. The Morgan fingerprint density at radius 3 is 3.00 bits per heavy atom. The fraction of sp³-hybridized carbons (Fsp3) is 0.438. The summed E-state index contributed by atoms with van der Waals surface area (Å²) < 4.78 is 18.4. The summed E-state index contributed by atoms with van der Waals surface area (Å²) in [5.41, 5.74) is 0.642. The van der Waals surface area contributed by atoms with Crippen molar-refractivity contribution < 1.29 is 13.9 Å². The monoisotopic (exact) mass is 292 g/mol. The number of likely N-dealkylation sites (tertiary alicyclic amines) is 1. The van der Waals surface area contributed by atoms with Crippen LogP contribution in [0.3, 0.4) is 0 Å². The molecule has 21 heavy (non-hydrogen) atoms. The molecule has 0 bridgehead atoms. The Hall–Kier alpha value is -1.88. The van der Waals surface area contributed by atoms with E-state index >= 15 is 0 Å². The van der Waals surface area contributed by atoms with E-state index in [4.69, 9.17) is 4.74 Å². The molecular weight excluding hydrogens is 271 g/mol. The highest BCUT2D eigenvalue weighted by Crippen LogP contribution is 2.18. The van der Waals surface area contributed by atoms with Crippen LogP contribution in [0, 0.1) is 5.82 Å². The molecule has 1 N–H and O–H groups in total. The van der Waals surface area contributed by atoms with Crippen LogP contribution in [0.25, 0.3) is 6.08 Å². The van der Waals surface area contributed by atoms with E-state index in [0.717, 1.165) is 25.9 Å². The first-order valence-electron chi connectivity index (χ1n) is 7.12. The molecule has 0 aliphatic carbocycles. The molecule has 1 aliphatic rings. The maximum absolute atomic E-state index is 13.6. The molecule has 0 saturated carbocycles. The van der Waals surface area contributed by atoms with Gasteiger partial charge in [0.05, 0.1) is 7.11 Å². The van der Waals surface area contributed by atoms with E-state index in [2.05, 4.69) is 5.32 Å². The zero-order chi connectivity index (χ0) is 15.2. The summed E-state index contributed by atoms with van der Waals surface area (Å²) >= 11 is 0. The van der Waals surface area contributed by atoms with Crippen molar-refractivity contribution in [3.05, 3.63) is 35.7 Å². The second-order valence-corrected chi connectivity index (χ2v) is 5.14. The van der Waals surface area contributed by atoms with Gasteiger partial charge >= 0.3 is 0 Å². The summed E-state index contributed by atoms with van der Waals surface area (Å²) in [5.74, 6) is -0.266. The van der Waals surface area contributed by atoms with Crippen LogP contribution in [0.4, 0.5) is 4.39 Å². The highest BCUT2D eigenvalue weighted by Gasteiger charge is 2.20. The molecular formula is C16H21FN2O2. The Labute approximate surface area is 124 Å². The largest absolute Gasteiger partial charge is 0.494 e. The highest BCUT2D eigenvalue weighted by atomic mass is 19.1. The Morgan fingerprint density at radius 2 is 2.33 bits per heavy atom. The van der Waals surface area contributed by atoms with E-state index in [1.54, 1.807) is 18.2 Å². The molecule has 0 aromatic heterocycles. The first-order chi connectivity index (χ1) is 10.1. The number of carbonyl (C=O) groups is 1. The van der Waals surface area contributed by atoms with Gasteiger partial charge in [-0.3, -0.25) is 4.79 Å². The van der Waals surface area contributed by atoms with Gasteiger partial charge in [-0.1, -0.05) is 6.07 Å². The molecule has 114 valence electrons. The van der Waals surface area contributed by atoms with E-state index in [9.17, 15) is 9.18 Å². The summed E-state index contributed by atoms with van der Waals surface area (Å²) in [4.78, 5) is 14.0. The first-order valence-corrected chi connectivity index (χ1v) is 7.12. The van der Waals surface area contributed by atoms with Crippen LogP contribution in [0.1, 0.15) is 18.4 Å². The van der Waals surface area contributed by atoms with Crippen LogP contribution >= 0.6 is 0 Å². The van der Waals surface area contributed by atoms with Gasteiger partial charge in [-0.15, -0.1) is 0 Å². The number of ether oxygens (including phenoxy) is 1. The zero-order valence-electron chi connectivity index (χ0n) is 12.4. The lowest BCUT2D eigenvalue weighted by molar-refractivity contribution is -0.127. The van der Waals surface area contributed by atoms with Crippen molar-refractivity contribution in [1.82, 2.24) is 10.2 Å². The van der Waals surface area contributed by atoms with Gasteiger partial charge in [0.25, 0.3) is 0 Å². The average molecular weight is 292 g/mol. The number of hydrogen-bond acceptors (Lipinski definition) is 3. The van der Waals surface area contributed by atoms with E-state index in [1.807, 2.05) is 11.9 Å². The van der Waals surface area contributed by atoms with Crippen LogP contribution in [0.2, 0.25) is 0 Å². The van der Waals surface area contributed by atoms with Crippen molar-refractivity contribution in [3.63, 3.8) is 0 Å². The summed E-state index contributed by atoms with van der Waals surface area (Å²) in [6.07, 6.45) is 5.23. The lowest BCUT2D eigenvalue weighted by Gasteiger charge is -2.31. The predicted molar refractivity (Wildman–Crippen MR) is 80.6 cm³/mol. The minimum absolute atomic E-state index is 0.0359. The van der Waals surface area contributed by atoms with Gasteiger partial charge in [0, 0.05) is 25.2 Å². The fourth-order valence-electron chi connectivity index (χ4n) is 2.47. The molecule has 1 aromatic rings. The van der Waals surface area contributed by atoms with Gasteiger partial charge < -0.3 is 15.0 Å². The number of halogens is 1. The number of hydrogen-bond donors (Lipinski definition) is 1. The highest BCUT2D eigenvalue weighted by molar-refractivity contribution is 5.91. The van der Waals surface area contributed by atoms with Gasteiger partial charge in [-0.25, -0.2) is 4.39 Å². The zero-order valence-corrected chi connectivity index (χ0v) is 12.4. The lowest BCUT2D eigenvalue weighted by Crippen LogP contribution is -2.46. The van der Waals surface area contributed by atoms with Gasteiger partial charge in [0.1, 0.15) is 0 Å². The fourth-order valence-corrected chi connectivity index (χ4v) is 2.47. The normalized spacial score (nSPS) is 19.0. The Balaban J connectivity index is 2.00. The number of nitrogens with zero attached hydrogens (tertiary/aromatic N) is 1. The molecule has 2 rings (SSSR count). The molecule has 1 heterocycles. The molecule has 0 spiro atoms. The standard InChI is InChI=1S/C16H21FN2O2/c1-18-13-4-3-9-19(11-13)16(20)8-6-12-5-7-15(21-2)14(17)10-12/h5-8,10,13,18H,3-4,9,11H2,1-2H3/b8-6+. The van der Waals surface area contributed by atoms with E-state index < -0.39 is 5.82 Å². The molecule has 0 radical (unpaired) electrons. The van der Waals surface area contributed by atoms with Gasteiger partial charge in [0.15, 0.2) is 11.6 Å². The Bertz CT molecular complexity index is 531. The number of likely N-dealkylation sites (N-methyl/N-ethyl adjacent to an activating group) is 1. The number of benzene rings is 1. The third-order valence-electron chi connectivity index (χ3n) is 3.74. The number of methoxy groups -OCH3 is 1. The average Bonchev–Trinajstić information content (AvgIpc) is 2.52. The molecule has 5 heteroatoms. The van der Waals surface area contributed by atoms with E-state index in [1.165, 1.54) is 19.3 Å². The summed E-state index contributed by atoms with van der Waals surface area (Å²) in [6, 6.07) is 4.99. The van der Waals surface area contributed by atoms with Crippen LogP contribution in [-0.4, -0.2) is 44.1 Å². The van der Waals surface area contributed by atoms with Crippen LogP contribution in [0.15, 0.2) is 24.3 Å². The smallest absolute Gasteiger partial charge is 0.246 e. The number of piperidine rings is 1. The topological polar surface area (TPSA) is 41.6 Å². The van der Waals surface area contributed by atoms with Crippen molar-refractivity contribution in [1.29, 1.82) is 0 Å². The second kappa shape index (κ2) is 7.22. The number of rotatable bonds is 4. The van der Waals surface area contributed by atoms with Crippen LogP contribution in [0.5, 0.6) is 5.75 Å². The molecule has 1 unspecified atom stereocenters. The quantitative estimate of drug-likeness (QED) is 0.864. The lowest BCUT2D eigenvalue weighted by atomic mass is 10.1. The molecule has 1 saturated heterocycles. The number of nitrogens with one attached hydrogen (secondary N) is 1. The van der Waals surface area contributed by atoms with Crippen LogP contribution in [-0.2, 0) is 4.79 Å². The third-order valence-corrected chi connectivity index (χ3v) is 3.74. The first kappa shape index (κ1) is 15.5. The number of carbonyl (C=O) groups excluding carboxylic acids is 1. The second-order valence-electron chi connectivity index (χ2n) is 5.14. The van der Waals surface area contributed by atoms with Gasteiger partial charge in [-0.05, 0) is 43.7 Å². The van der Waals surface area contributed by atoms with Crippen molar-refractivity contribution in [2.45, 2.75) is 18.9 Å². The Morgan fingerprint density at radius 1 is 1.52 bits per heavy atom. The molecule has 4 nitrogen and oxygen atoms in total. The van der Waals surface area contributed by atoms with Crippen molar-refractivity contribution in [3.8, 4) is 5.75 Å². The third kappa shape index (κ3) is 4.04. The molecule has 1 aliphatic heterocycles. The molecule has 1 atom stereocenters.